The molecule has 0 aliphatic carbocycles. The molecule has 1 aliphatic rings. The molecule has 1 heterocycles. The number of carbonyl (C=O) groups is 2. The van der Waals surface area contributed by atoms with Crippen LogP contribution in [0, 0.1) is 10.1 Å². The molecule has 0 fully saturated rings. The molecule has 0 saturated heterocycles. The van der Waals surface area contributed by atoms with Gasteiger partial charge in [-0.15, -0.1) is 0 Å². The van der Waals surface area contributed by atoms with Crippen LogP contribution in [0.1, 0.15) is 20.7 Å². The van der Waals surface area contributed by atoms with E-state index in [2.05, 4.69) is 15.9 Å². The Kier molecular flexibility index (Phi) is 3.06. The Hall–Kier alpha value is -2.54. The van der Waals surface area contributed by atoms with Crippen LogP contribution in [-0.2, 0) is 0 Å². The lowest BCUT2D eigenvalue weighted by Crippen LogP contribution is -2.29. The molecule has 2 aromatic rings. The van der Waals surface area contributed by atoms with Gasteiger partial charge in [-0.2, -0.15) is 0 Å². The van der Waals surface area contributed by atoms with Crippen LogP contribution in [0.3, 0.4) is 0 Å². The zero-order valence-corrected chi connectivity index (χ0v) is 12.0. The van der Waals surface area contributed by atoms with Gasteiger partial charge in [-0.25, -0.2) is 4.90 Å². The number of imide groups is 1. The molecule has 2 amide bonds. The van der Waals surface area contributed by atoms with Crippen LogP contribution in [0.4, 0.5) is 11.4 Å². The highest BCUT2D eigenvalue weighted by Gasteiger charge is 2.38. The molecule has 3 rings (SSSR count). The van der Waals surface area contributed by atoms with Crippen molar-refractivity contribution in [2.24, 2.45) is 0 Å². The minimum Gasteiger partial charge on any atom is -0.268 e. The highest BCUT2D eigenvalue weighted by Crippen LogP contribution is 2.33. The Bertz CT molecular complexity index is 803. The van der Waals surface area contributed by atoms with Gasteiger partial charge in [0, 0.05) is 16.6 Å². The number of amides is 2. The van der Waals surface area contributed by atoms with Crippen LogP contribution >= 0.6 is 15.9 Å². The molecule has 0 atom stereocenters. The van der Waals surface area contributed by atoms with Gasteiger partial charge in [0.15, 0.2) is 0 Å². The third-order valence-electron chi connectivity index (χ3n) is 3.16. The molecule has 1 aliphatic heterocycles. The number of nitro benzene ring substituents is 1. The molecule has 0 unspecified atom stereocenters. The Balaban J connectivity index is 2.12. The van der Waals surface area contributed by atoms with Crippen LogP contribution in [0.25, 0.3) is 0 Å². The fraction of sp³-hybridized carbons (Fsp3) is 0. The van der Waals surface area contributed by atoms with Crippen molar-refractivity contribution in [3.05, 3.63) is 68.2 Å². The molecule has 21 heavy (non-hydrogen) atoms. The summed E-state index contributed by atoms with van der Waals surface area (Å²) < 4.78 is 0.520. The zero-order chi connectivity index (χ0) is 15.1. The first-order chi connectivity index (χ1) is 10.0. The first-order valence-corrected chi connectivity index (χ1v) is 6.72. The Labute approximate surface area is 127 Å². The average Bonchev–Trinajstić information content (AvgIpc) is 2.72. The maximum absolute atomic E-state index is 12.4. The third-order valence-corrected chi connectivity index (χ3v) is 3.82. The second-order valence-electron chi connectivity index (χ2n) is 4.39. The topological polar surface area (TPSA) is 80.5 Å². The molecular formula is C14H7BrN2O4. The average molecular weight is 347 g/mol. The van der Waals surface area contributed by atoms with Crippen LogP contribution in [0.2, 0.25) is 0 Å². The normalized spacial score (nSPS) is 13.5. The van der Waals surface area contributed by atoms with Crippen LogP contribution in [-0.4, -0.2) is 16.7 Å². The molecule has 0 bridgehead atoms. The standard InChI is InChI=1S/C14H7BrN2O4/c15-11-6-2-5-10-12(11)14(19)16(13(10)18)8-3-1-4-9(7-8)17(20)21/h1-7H. The van der Waals surface area contributed by atoms with Gasteiger partial charge in [-0.3, -0.25) is 19.7 Å². The molecule has 0 saturated carbocycles. The van der Waals surface area contributed by atoms with Crippen LogP contribution in [0.5, 0.6) is 0 Å². The molecule has 7 heteroatoms. The van der Waals surface area contributed by atoms with E-state index in [1.165, 1.54) is 24.3 Å². The van der Waals surface area contributed by atoms with E-state index in [0.29, 0.717) is 4.47 Å². The van der Waals surface area contributed by atoms with Gasteiger partial charge in [-0.05, 0) is 34.1 Å². The highest BCUT2D eigenvalue weighted by molar-refractivity contribution is 9.10. The minimum absolute atomic E-state index is 0.178. The lowest BCUT2D eigenvalue weighted by molar-refractivity contribution is -0.384. The summed E-state index contributed by atoms with van der Waals surface area (Å²) in [7, 11) is 0. The van der Waals surface area contributed by atoms with Gasteiger partial charge in [0.1, 0.15) is 0 Å². The number of halogens is 1. The summed E-state index contributed by atoms with van der Waals surface area (Å²) in [6, 6.07) is 10.3. The summed E-state index contributed by atoms with van der Waals surface area (Å²) in [6.07, 6.45) is 0. The van der Waals surface area contributed by atoms with Crippen molar-refractivity contribution in [1.82, 2.24) is 0 Å². The van der Waals surface area contributed by atoms with Gasteiger partial charge in [0.2, 0.25) is 0 Å². The van der Waals surface area contributed by atoms with E-state index >= 15 is 0 Å². The van der Waals surface area contributed by atoms with Crippen molar-refractivity contribution in [1.29, 1.82) is 0 Å². The molecular weight excluding hydrogens is 340 g/mol. The molecule has 2 aromatic carbocycles. The van der Waals surface area contributed by atoms with Crippen molar-refractivity contribution >= 4 is 39.1 Å². The van der Waals surface area contributed by atoms with Crippen molar-refractivity contribution in [3.8, 4) is 0 Å². The number of nitrogens with zero attached hydrogens (tertiary/aromatic N) is 2. The molecule has 0 aromatic heterocycles. The third kappa shape index (κ3) is 2.02. The van der Waals surface area contributed by atoms with Crippen LogP contribution in [0.15, 0.2) is 46.9 Å². The van der Waals surface area contributed by atoms with Gasteiger partial charge in [0.25, 0.3) is 17.5 Å². The van der Waals surface area contributed by atoms with E-state index in [4.69, 9.17) is 0 Å². The van der Waals surface area contributed by atoms with Gasteiger partial charge >= 0.3 is 0 Å². The minimum atomic E-state index is -0.572. The van der Waals surface area contributed by atoms with E-state index in [9.17, 15) is 19.7 Å². The van der Waals surface area contributed by atoms with Crippen LogP contribution < -0.4 is 4.90 Å². The number of non-ortho nitro benzene ring substituents is 1. The van der Waals surface area contributed by atoms with E-state index in [1.54, 1.807) is 18.2 Å². The maximum atomic E-state index is 12.4. The number of rotatable bonds is 2. The predicted octanol–water partition coefficient (Wildman–Crippen LogP) is 3.16. The number of fused-ring (bicyclic) bond motifs is 1. The summed E-state index contributed by atoms with van der Waals surface area (Å²) >= 11 is 3.24. The molecule has 0 spiro atoms. The van der Waals surface area contributed by atoms with E-state index < -0.39 is 16.7 Å². The quantitative estimate of drug-likeness (QED) is 0.475. The maximum Gasteiger partial charge on any atom is 0.271 e. The summed E-state index contributed by atoms with van der Waals surface area (Å²) in [5.74, 6) is -0.986. The van der Waals surface area contributed by atoms with Gasteiger partial charge < -0.3 is 0 Å². The summed E-state index contributed by atoms with van der Waals surface area (Å²) in [6.45, 7) is 0. The highest BCUT2D eigenvalue weighted by atomic mass is 79.9. The monoisotopic (exact) mass is 346 g/mol. The summed E-state index contributed by atoms with van der Waals surface area (Å²) in [5.41, 5.74) is 0.556. The largest absolute Gasteiger partial charge is 0.271 e. The van der Waals surface area contributed by atoms with Gasteiger partial charge in [-0.1, -0.05) is 12.1 Å². The Morgan fingerprint density at radius 2 is 1.76 bits per heavy atom. The second-order valence-corrected chi connectivity index (χ2v) is 5.24. The smallest absolute Gasteiger partial charge is 0.268 e. The Morgan fingerprint density at radius 3 is 2.43 bits per heavy atom. The van der Waals surface area contributed by atoms with Gasteiger partial charge in [0.05, 0.1) is 21.7 Å². The Morgan fingerprint density at radius 1 is 1.05 bits per heavy atom. The van der Waals surface area contributed by atoms with Crippen molar-refractivity contribution in [2.75, 3.05) is 4.90 Å². The van der Waals surface area contributed by atoms with E-state index in [-0.39, 0.29) is 22.5 Å². The number of benzene rings is 2. The van der Waals surface area contributed by atoms with Crippen molar-refractivity contribution in [2.45, 2.75) is 0 Å². The van der Waals surface area contributed by atoms with E-state index in [0.717, 1.165) is 4.90 Å². The number of anilines is 1. The zero-order valence-electron chi connectivity index (χ0n) is 10.4. The first-order valence-electron chi connectivity index (χ1n) is 5.92. The second kappa shape index (κ2) is 4.78. The SMILES string of the molecule is O=C1c2cccc(Br)c2C(=O)N1c1cccc([N+](=O)[O-])c1. The molecule has 6 nitrogen and oxygen atoms in total. The molecule has 0 radical (unpaired) electrons. The lowest BCUT2D eigenvalue weighted by Gasteiger charge is -2.13. The first kappa shape index (κ1) is 13.4. The molecule has 0 N–H and O–H groups in total. The summed E-state index contributed by atoms with van der Waals surface area (Å²) in [4.78, 5) is 36.0. The van der Waals surface area contributed by atoms with Crippen molar-refractivity contribution in [3.63, 3.8) is 0 Å². The predicted molar refractivity (Wildman–Crippen MR) is 78.4 cm³/mol. The fourth-order valence-corrected chi connectivity index (χ4v) is 2.76. The van der Waals surface area contributed by atoms with E-state index in [1.807, 2.05) is 0 Å². The number of hydrogen-bond acceptors (Lipinski definition) is 4. The fourth-order valence-electron chi connectivity index (χ4n) is 2.22. The molecule has 104 valence electrons. The number of nitro groups is 1. The summed E-state index contributed by atoms with van der Waals surface area (Å²) in [5, 5.41) is 10.8. The number of carbonyl (C=O) groups excluding carboxylic acids is 2. The lowest BCUT2D eigenvalue weighted by atomic mass is 10.1. The van der Waals surface area contributed by atoms with Crippen molar-refractivity contribution < 1.29 is 14.5 Å². The number of hydrogen-bond donors (Lipinski definition) is 0.